The van der Waals surface area contributed by atoms with Crippen molar-refractivity contribution in [2.45, 2.75) is 20.0 Å². The van der Waals surface area contributed by atoms with Crippen molar-refractivity contribution in [3.63, 3.8) is 0 Å². The zero-order valence-electron chi connectivity index (χ0n) is 20.4. The van der Waals surface area contributed by atoms with E-state index in [1.807, 2.05) is 12.1 Å². The molecule has 3 N–H and O–H groups in total. The van der Waals surface area contributed by atoms with E-state index in [-0.39, 0.29) is 35.5 Å². The number of nitrogens with one attached hydrogen (secondary N) is 1. The lowest BCUT2D eigenvalue weighted by molar-refractivity contribution is 0.0585. The second kappa shape index (κ2) is 12.3. The Labute approximate surface area is 211 Å². The molecule has 0 aliphatic carbocycles. The molecule has 0 aliphatic heterocycles. The first-order valence-corrected chi connectivity index (χ1v) is 11.0. The van der Waals surface area contributed by atoms with Gasteiger partial charge in [-0.2, -0.15) is 14.6 Å². The molecule has 0 radical (unpaired) electrons. The Hall–Kier alpha value is -4.71. The zero-order valence-corrected chi connectivity index (χ0v) is 20.4. The summed E-state index contributed by atoms with van der Waals surface area (Å²) in [5.74, 6) is -1.69. The first-order chi connectivity index (χ1) is 17.8. The monoisotopic (exact) mass is 508 g/mol. The number of carbonyl (C=O) groups is 3. The van der Waals surface area contributed by atoms with E-state index < -0.39 is 11.9 Å². The van der Waals surface area contributed by atoms with Crippen LogP contribution in [0.4, 0.5) is 4.39 Å². The number of halogens is 1. The molecule has 1 amide bonds. The van der Waals surface area contributed by atoms with Crippen LogP contribution in [0.1, 0.15) is 48.0 Å². The Morgan fingerprint density at radius 2 is 1.68 bits per heavy atom. The highest BCUT2D eigenvalue weighted by molar-refractivity contribution is 5.96. The molecule has 0 spiro atoms. The number of aromatic nitrogens is 4. The standard InChI is InChI=1S/C16H14FN5O3.C9H11NO2/c1-9-5-10(3-4-11(9)17)7-18-14(23)12-6-13(15(24)25-2)22-16(21-12)19-8-20-22;1-12-9(11)8-4-2-7(6-10)3-5-8/h3-6,8H,7H2,1-2H3,(H,18,23);2-5H,6,10H2,1H3. The van der Waals surface area contributed by atoms with Crippen LogP contribution in [0.2, 0.25) is 0 Å². The van der Waals surface area contributed by atoms with Gasteiger partial charge in [0.15, 0.2) is 5.69 Å². The Balaban J connectivity index is 0.000000266. The molecule has 2 aromatic heterocycles. The molecule has 37 heavy (non-hydrogen) atoms. The Morgan fingerprint density at radius 3 is 2.30 bits per heavy atom. The van der Waals surface area contributed by atoms with Crippen LogP contribution in [0.5, 0.6) is 0 Å². The number of hydrogen-bond donors (Lipinski definition) is 2. The van der Waals surface area contributed by atoms with Crippen molar-refractivity contribution in [3.05, 3.63) is 94.3 Å². The Bertz CT molecular complexity index is 1420. The van der Waals surface area contributed by atoms with Crippen LogP contribution >= 0.6 is 0 Å². The van der Waals surface area contributed by atoms with Crippen LogP contribution in [-0.4, -0.2) is 51.6 Å². The summed E-state index contributed by atoms with van der Waals surface area (Å²) in [5, 5.41) is 6.54. The molecular formula is C25H25FN6O5. The van der Waals surface area contributed by atoms with Crippen LogP contribution in [0, 0.1) is 12.7 Å². The average molecular weight is 509 g/mol. The molecule has 11 nitrogen and oxygen atoms in total. The number of nitrogens with zero attached hydrogens (tertiary/aromatic N) is 4. The SMILES string of the molecule is COC(=O)c1cc(C(=O)NCc2ccc(F)c(C)c2)nc2ncnn12.COC(=O)c1ccc(CN)cc1. The van der Waals surface area contributed by atoms with Gasteiger partial charge in [0.1, 0.15) is 17.8 Å². The number of nitrogens with two attached hydrogens (primary N) is 1. The van der Waals surface area contributed by atoms with Gasteiger partial charge in [0.2, 0.25) is 0 Å². The van der Waals surface area contributed by atoms with E-state index in [9.17, 15) is 18.8 Å². The predicted molar refractivity (Wildman–Crippen MR) is 130 cm³/mol. The van der Waals surface area contributed by atoms with E-state index in [0.717, 1.165) is 11.1 Å². The van der Waals surface area contributed by atoms with Crippen LogP contribution < -0.4 is 11.1 Å². The van der Waals surface area contributed by atoms with Crippen molar-refractivity contribution >= 4 is 23.6 Å². The van der Waals surface area contributed by atoms with Crippen molar-refractivity contribution in [3.8, 4) is 0 Å². The molecule has 0 atom stereocenters. The highest BCUT2D eigenvalue weighted by Crippen LogP contribution is 2.11. The topological polar surface area (TPSA) is 151 Å². The Morgan fingerprint density at radius 1 is 1.00 bits per heavy atom. The average Bonchev–Trinajstić information content (AvgIpc) is 3.41. The second-order valence-corrected chi connectivity index (χ2v) is 7.65. The van der Waals surface area contributed by atoms with Crippen molar-refractivity contribution in [2.24, 2.45) is 5.73 Å². The minimum Gasteiger partial charge on any atom is -0.465 e. The highest BCUT2D eigenvalue weighted by atomic mass is 19.1. The molecule has 2 heterocycles. The van der Waals surface area contributed by atoms with Crippen molar-refractivity contribution in [1.29, 1.82) is 0 Å². The normalized spacial score (nSPS) is 10.3. The largest absolute Gasteiger partial charge is 0.465 e. The summed E-state index contributed by atoms with van der Waals surface area (Å²) < 4.78 is 23.7. The van der Waals surface area contributed by atoms with Crippen molar-refractivity contribution < 1.29 is 28.2 Å². The van der Waals surface area contributed by atoms with E-state index >= 15 is 0 Å². The lowest BCUT2D eigenvalue weighted by atomic mass is 10.1. The quantitative estimate of drug-likeness (QED) is 0.374. The minimum absolute atomic E-state index is 0.000247. The lowest BCUT2D eigenvalue weighted by Gasteiger charge is -2.08. The highest BCUT2D eigenvalue weighted by Gasteiger charge is 2.18. The van der Waals surface area contributed by atoms with E-state index in [1.165, 1.54) is 37.2 Å². The molecule has 0 saturated carbocycles. The van der Waals surface area contributed by atoms with Gasteiger partial charge < -0.3 is 20.5 Å². The number of hydrogen-bond acceptors (Lipinski definition) is 9. The lowest BCUT2D eigenvalue weighted by Crippen LogP contribution is -2.25. The number of fused-ring (bicyclic) bond motifs is 1. The molecule has 2 aromatic carbocycles. The summed E-state index contributed by atoms with van der Waals surface area (Å²) in [6.45, 7) is 2.32. The van der Waals surface area contributed by atoms with E-state index in [2.05, 4.69) is 29.9 Å². The third kappa shape index (κ3) is 6.70. The molecule has 192 valence electrons. The van der Waals surface area contributed by atoms with Gasteiger partial charge in [-0.3, -0.25) is 4.79 Å². The minimum atomic E-state index is -0.666. The number of carbonyl (C=O) groups excluding carboxylic acids is 3. The number of aryl methyl sites for hydroxylation is 1. The first kappa shape index (κ1) is 26.9. The molecule has 0 fully saturated rings. The molecule has 0 bridgehead atoms. The number of benzene rings is 2. The van der Waals surface area contributed by atoms with Crippen LogP contribution in [0.25, 0.3) is 5.78 Å². The van der Waals surface area contributed by atoms with Gasteiger partial charge in [-0.05, 0) is 41.8 Å². The summed E-state index contributed by atoms with van der Waals surface area (Å²) in [6.07, 6.45) is 1.22. The van der Waals surface area contributed by atoms with Gasteiger partial charge in [0, 0.05) is 19.2 Å². The van der Waals surface area contributed by atoms with Crippen LogP contribution in [-0.2, 0) is 22.6 Å². The smallest absolute Gasteiger partial charge is 0.356 e. The third-order valence-electron chi connectivity index (χ3n) is 5.17. The van der Waals surface area contributed by atoms with Gasteiger partial charge in [-0.1, -0.05) is 24.3 Å². The summed E-state index contributed by atoms with van der Waals surface area (Å²) in [4.78, 5) is 43.1. The Kier molecular flexibility index (Phi) is 8.95. The van der Waals surface area contributed by atoms with Gasteiger partial charge >= 0.3 is 11.9 Å². The van der Waals surface area contributed by atoms with E-state index in [0.29, 0.717) is 17.7 Å². The molecular weight excluding hydrogens is 483 g/mol. The van der Waals surface area contributed by atoms with Crippen molar-refractivity contribution in [2.75, 3.05) is 14.2 Å². The van der Waals surface area contributed by atoms with E-state index in [4.69, 9.17) is 5.73 Å². The zero-order chi connectivity index (χ0) is 26.9. The van der Waals surface area contributed by atoms with Crippen LogP contribution in [0.15, 0.2) is 54.9 Å². The third-order valence-corrected chi connectivity index (χ3v) is 5.17. The van der Waals surface area contributed by atoms with Gasteiger partial charge in [-0.25, -0.2) is 19.0 Å². The fourth-order valence-electron chi connectivity index (χ4n) is 3.16. The summed E-state index contributed by atoms with van der Waals surface area (Å²) in [7, 11) is 2.58. The number of esters is 2. The summed E-state index contributed by atoms with van der Waals surface area (Å²) >= 11 is 0. The van der Waals surface area contributed by atoms with Gasteiger partial charge in [0.05, 0.1) is 19.8 Å². The molecule has 0 saturated heterocycles. The number of methoxy groups -OCH3 is 2. The number of rotatable bonds is 6. The number of amides is 1. The molecule has 4 aromatic rings. The predicted octanol–water partition coefficient (Wildman–Crippen LogP) is 2.22. The fourth-order valence-corrected chi connectivity index (χ4v) is 3.16. The summed E-state index contributed by atoms with van der Waals surface area (Å²) in [6, 6.07) is 12.9. The molecule has 0 aliphatic rings. The maximum atomic E-state index is 13.3. The maximum absolute atomic E-state index is 13.3. The second-order valence-electron chi connectivity index (χ2n) is 7.65. The van der Waals surface area contributed by atoms with Crippen molar-refractivity contribution in [1.82, 2.24) is 24.9 Å². The maximum Gasteiger partial charge on any atom is 0.356 e. The van der Waals surface area contributed by atoms with E-state index in [1.54, 1.807) is 31.2 Å². The summed E-state index contributed by atoms with van der Waals surface area (Å²) in [5.41, 5.74) is 8.21. The molecule has 12 heteroatoms. The van der Waals surface area contributed by atoms with Crippen LogP contribution in [0.3, 0.4) is 0 Å². The first-order valence-electron chi connectivity index (χ1n) is 11.0. The number of ether oxygens (including phenoxy) is 2. The fraction of sp³-hybridized carbons (Fsp3) is 0.200. The molecule has 4 rings (SSSR count). The van der Waals surface area contributed by atoms with Gasteiger partial charge in [0.25, 0.3) is 11.7 Å². The van der Waals surface area contributed by atoms with Gasteiger partial charge in [-0.15, -0.1) is 0 Å². The molecule has 0 unspecified atom stereocenters.